The van der Waals surface area contributed by atoms with Crippen molar-refractivity contribution in [2.75, 3.05) is 12.4 Å². The van der Waals surface area contributed by atoms with Crippen LogP contribution in [0.5, 0.6) is 0 Å². The zero-order chi connectivity index (χ0) is 15.5. The van der Waals surface area contributed by atoms with Crippen LogP contribution in [0.25, 0.3) is 0 Å². The highest BCUT2D eigenvalue weighted by Crippen LogP contribution is 2.61. The van der Waals surface area contributed by atoms with Gasteiger partial charge >= 0.3 is 0 Å². The van der Waals surface area contributed by atoms with E-state index in [9.17, 15) is 0 Å². The summed E-state index contributed by atoms with van der Waals surface area (Å²) in [5.41, 5.74) is 3.19. The van der Waals surface area contributed by atoms with E-state index in [-0.39, 0.29) is 16.5 Å². The van der Waals surface area contributed by atoms with Crippen LogP contribution in [0.1, 0.15) is 51.9 Å². The molecule has 3 fully saturated rings. The number of thioether (sulfide) groups is 1. The fourth-order valence-electron chi connectivity index (χ4n) is 5.03. The van der Waals surface area contributed by atoms with E-state index in [1.807, 2.05) is 11.8 Å². The molecule has 3 nitrogen and oxygen atoms in total. The molecule has 3 unspecified atom stereocenters. The lowest BCUT2D eigenvalue weighted by atomic mass is 9.65. The fourth-order valence-corrected chi connectivity index (χ4v) is 6.08. The van der Waals surface area contributed by atoms with Crippen molar-refractivity contribution in [1.29, 1.82) is 0 Å². The predicted octanol–water partition coefficient (Wildman–Crippen LogP) is 4.53. The number of nitrogens with zero attached hydrogens (tertiary/aromatic N) is 1. The van der Waals surface area contributed by atoms with Gasteiger partial charge in [-0.3, -0.25) is 0 Å². The number of ether oxygens (including phenoxy) is 2. The van der Waals surface area contributed by atoms with Gasteiger partial charge in [0.15, 0.2) is 0 Å². The Balaban J connectivity index is 1.59. The van der Waals surface area contributed by atoms with Crippen LogP contribution >= 0.6 is 11.8 Å². The van der Waals surface area contributed by atoms with E-state index in [0.717, 1.165) is 31.6 Å². The van der Waals surface area contributed by atoms with Crippen LogP contribution in [0.2, 0.25) is 0 Å². The molecule has 0 aromatic heterocycles. The van der Waals surface area contributed by atoms with E-state index in [1.165, 1.54) is 37.1 Å². The summed E-state index contributed by atoms with van der Waals surface area (Å²) < 4.78 is 12.8. The maximum Gasteiger partial charge on any atom is 0.147 e. The molecule has 4 aliphatic heterocycles. The Hall–Kier alpha value is -0.870. The Morgan fingerprint density at radius 1 is 1.30 bits per heavy atom. The van der Waals surface area contributed by atoms with Crippen LogP contribution in [-0.4, -0.2) is 28.3 Å². The van der Waals surface area contributed by atoms with Crippen LogP contribution in [0.15, 0.2) is 35.5 Å². The van der Waals surface area contributed by atoms with Gasteiger partial charge in [0.05, 0.1) is 17.7 Å². The second-order valence-corrected chi connectivity index (χ2v) is 9.08. The smallest absolute Gasteiger partial charge is 0.147 e. The van der Waals surface area contributed by atoms with Crippen LogP contribution in [0.3, 0.4) is 0 Å². The molecule has 4 heteroatoms. The van der Waals surface area contributed by atoms with Crippen LogP contribution in [0.4, 0.5) is 0 Å². The van der Waals surface area contributed by atoms with Gasteiger partial charge in [-0.2, -0.15) is 0 Å². The predicted molar refractivity (Wildman–Crippen MR) is 92.5 cm³/mol. The molecule has 23 heavy (non-hydrogen) atoms. The van der Waals surface area contributed by atoms with Crippen LogP contribution in [-0.2, 0) is 9.47 Å². The lowest BCUT2D eigenvalue weighted by Crippen LogP contribution is -2.37. The molecule has 0 aromatic rings. The van der Waals surface area contributed by atoms with Gasteiger partial charge in [0.25, 0.3) is 0 Å². The molecule has 1 saturated carbocycles. The minimum atomic E-state index is -0.169. The lowest BCUT2D eigenvalue weighted by Gasteiger charge is -2.43. The summed E-state index contributed by atoms with van der Waals surface area (Å²) in [5.74, 6) is 2.38. The molecular weight excluding hydrogens is 306 g/mol. The van der Waals surface area contributed by atoms with Gasteiger partial charge < -0.3 is 14.4 Å². The first-order chi connectivity index (χ1) is 11.2. The second-order valence-electron chi connectivity index (χ2n) is 7.57. The molecule has 124 valence electrons. The highest BCUT2D eigenvalue weighted by Gasteiger charge is 2.57. The van der Waals surface area contributed by atoms with E-state index in [1.54, 1.807) is 5.57 Å². The van der Waals surface area contributed by atoms with Crippen molar-refractivity contribution in [2.45, 2.75) is 62.9 Å². The molecule has 5 rings (SSSR count). The monoisotopic (exact) mass is 331 g/mol. The Bertz CT molecular complexity index is 617. The average Bonchev–Trinajstić information content (AvgIpc) is 3.18. The van der Waals surface area contributed by atoms with E-state index in [0.29, 0.717) is 0 Å². The van der Waals surface area contributed by atoms with Gasteiger partial charge in [0.2, 0.25) is 0 Å². The lowest BCUT2D eigenvalue weighted by molar-refractivity contribution is -0.0333. The summed E-state index contributed by atoms with van der Waals surface area (Å²) in [6.45, 7) is 3.09. The summed E-state index contributed by atoms with van der Waals surface area (Å²) in [4.78, 5) is 2.17. The maximum atomic E-state index is 6.70. The number of fused-ring (bicyclic) bond motifs is 1. The normalized spacial score (nSPS) is 42.0. The van der Waals surface area contributed by atoms with E-state index < -0.39 is 0 Å². The van der Waals surface area contributed by atoms with Gasteiger partial charge in [-0.05, 0) is 44.6 Å². The average molecular weight is 331 g/mol. The van der Waals surface area contributed by atoms with Gasteiger partial charge in [0.1, 0.15) is 16.8 Å². The van der Waals surface area contributed by atoms with Crippen molar-refractivity contribution in [3.63, 3.8) is 0 Å². The largest absolute Gasteiger partial charge is 0.488 e. The summed E-state index contributed by atoms with van der Waals surface area (Å²) in [6, 6.07) is 0. The number of rotatable bonds is 1. The Morgan fingerprint density at radius 3 is 3.13 bits per heavy atom. The third-order valence-electron chi connectivity index (χ3n) is 6.27. The third kappa shape index (κ3) is 2.00. The van der Waals surface area contributed by atoms with E-state index in [2.05, 4.69) is 30.3 Å². The van der Waals surface area contributed by atoms with Gasteiger partial charge in [-0.15, -0.1) is 11.8 Å². The Morgan fingerprint density at radius 2 is 2.26 bits per heavy atom. The van der Waals surface area contributed by atoms with E-state index in [4.69, 9.17) is 9.47 Å². The van der Waals surface area contributed by atoms with Gasteiger partial charge in [-0.25, -0.2) is 0 Å². The highest BCUT2D eigenvalue weighted by atomic mass is 32.2. The minimum absolute atomic E-state index is 0.169. The van der Waals surface area contributed by atoms with Crippen molar-refractivity contribution in [3.8, 4) is 0 Å². The summed E-state index contributed by atoms with van der Waals surface area (Å²) in [7, 11) is 0. The maximum absolute atomic E-state index is 6.70. The quantitative estimate of drug-likeness (QED) is 0.703. The summed E-state index contributed by atoms with van der Waals surface area (Å²) in [5, 5.41) is 0. The minimum Gasteiger partial charge on any atom is -0.488 e. The molecule has 1 aliphatic carbocycles. The van der Waals surface area contributed by atoms with Crippen molar-refractivity contribution >= 4 is 11.8 Å². The topological polar surface area (TPSA) is 21.7 Å². The zero-order valence-corrected chi connectivity index (χ0v) is 14.7. The standard InChI is InChI=1S/C19H25NO2S/c1-18(21-10-11-23-18)16-12-19-8-4-2-6-14(19)13-20-9-5-3-7-15(20)17(19)22-16/h5,9,13,16H,2-4,6-8,10-12H2,1H3. The van der Waals surface area contributed by atoms with E-state index >= 15 is 0 Å². The molecule has 3 atom stereocenters. The second kappa shape index (κ2) is 5.06. The van der Waals surface area contributed by atoms with Crippen LogP contribution in [0, 0.1) is 5.41 Å². The first-order valence-electron chi connectivity index (χ1n) is 9.06. The van der Waals surface area contributed by atoms with Crippen LogP contribution < -0.4 is 0 Å². The van der Waals surface area contributed by atoms with Crippen molar-refractivity contribution in [3.05, 3.63) is 35.5 Å². The van der Waals surface area contributed by atoms with Gasteiger partial charge in [-0.1, -0.05) is 12.5 Å². The first kappa shape index (κ1) is 14.5. The Kier molecular flexibility index (Phi) is 3.18. The number of hydrogen-bond donors (Lipinski definition) is 0. The molecule has 0 radical (unpaired) electrons. The molecule has 0 N–H and O–H groups in total. The molecule has 0 aromatic carbocycles. The van der Waals surface area contributed by atoms with Crippen molar-refractivity contribution < 1.29 is 9.47 Å². The zero-order valence-electron chi connectivity index (χ0n) is 13.8. The molecule has 1 spiro atoms. The molecule has 0 amide bonds. The first-order valence-corrected chi connectivity index (χ1v) is 10.0. The van der Waals surface area contributed by atoms with Gasteiger partial charge in [0, 0.05) is 24.6 Å². The molecule has 5 aliphatic rings. The summed E-state index contributed by atoms with van der Waals surface area (Å²) >= 11 is 1.94. The SMILES string of the molecule is CC1(C2CC34CCCCC3=CN3C=CCCC3=C4O2)OCCS1. The van der Waals surface area contributed by atoms with Crippen molar-refractivity contribution in [1.82, 2.24) is 4.90 Å². The summed E-state index contributed by atoms with van der Waals surface area (Å²) in [6.07, 6.45) is 15.6. The number of allylic oxidation sites excluding steroid dienone is 3. The molecule has 2 saturated heterocycles. The Labute approximate surface area is 142 Å². The number of hydrogen-bond acceptors (Lipinski definition) is 4. The molecule has 4 heterocycles. The van der Waals surface area contributed by atoms with Crippen molar-refractivity contribution in [2.24, 2.45) is 5.41 Å². The third-order valence-corrected chi connectivity index (χ3v) is 7.60. The molecule has 0 bridgehead atoms. The molecular formula is C19H25NO2S. The fraction of sp³-hybridized carbons (Fsp3) is 0.684. The highest BCUT2D eigenvalue weighted by molar-refractivity contribution is 8.00.